The Morgan fingerprint density at radius 1 is 1.26 bits per heavy atom. The summed E-state index contributed by atoms with van der Waals surface area (Å²) >= 11 is 0. The summed E-state index contributed by atoms with van der Waals surface area (Å²) in [5.41, 5.74) is 5.49. The Morgan fingerprint density at radius 3 is 2.26 bits per heavy atom. The van der Waals surface area contributed by atoms with E-state index in [-0.39, 0.29) is 5.97 Å². The van der Waals surface area contributed by atoms with E-state index in [9.17, 15) is 4.79 Å². The van der Waals surface area contributed by atoms with Gasteiger partial charge in [0, 0.05) is 0 Å². The van der Waals surface area contributed by atoms with Crippen LogP contribution >= 0.6 is 0 Å². The fraction of sp³-hybridized carbons (Fsp3) is 0.562. The van der Waals surface area contributed by atoms with Crippen LogP contribution in [0.3, 0.4) is 0 Å². The molecule has 3 nitrogen and oxygen atoms in total. The van der Waals surface area contributed by atoms with E-state index in [0.717, 1.165) is 5.56 Å². The molecule has 1 heterocycles. The lowest BCUT2D eigenvalue weighted by Crippen LogP contribution is -2.21. The number of carbonyl (C=O) groups excluding carboxylic acids is 1. The lowest BCUT2D eigenvalue weighted by Gasteiger charge is -2.18. The number of epoxide rings is 1. The highest BCUT2D eigenvalue weighted by Crippen LogP contribution is 2.49. The highest BCUT2D eigenvalue weighted by molar-refractivity contribution is 5.80. The largest absolute Gasteiger partial charge is 0.464 e. The zero-order chi connectivity index (χ0) is 14.4. The fourth-order valence-corrected chi connectivity index (χ4v) is 2.85. The van der Waals surface area contributed by atoms with Crippen LogP contribution in [0.2, 0.25) is 0 Å². The van der Waals surface area contributed by atoms with Crippen LogP contribution in [-0.2, 0) is 19.9 Å². The number of hydrogen-bond donors (Lipinski definition) is 0. The number of carbonyl (C=O) groups is 1. The van der Waals surface area contributed by atoms with Crippen LogP contribution in [0.4, 0.5) is 0 Å². The zero-order valence-corrected chi connectivity index (χ0v) is 12.6. The Kier molecular flexibility index (Phi) is 3.43. The van der Waals surface area contributed by atoms with Crippen molar-refractivity contribution in [1.82, 2.24) is 0 Å². The van der Waals surface area contributed by atoms with Crippen molar-refractivity contribution in [2.24, 2.45) is 0 Å². The minimum Gasteiger partial charge on any atom is -0.464 e. The molecule has 1 fully saturated rings. The van der Waals surface area contributed by atoms with E-state index in [2.05, 4.69) is 33.8 Å². The first kappa shape index (κ1) is 14.1. The number of benzene rings is 1. The Morgan fingerprint density at radius 2 is 1.79 bits per heavy atom. The number of hydrogen-bond acceptors (Lipinski definition) is 3. The number of ether oxygens (including phenoxy) is 2. The number of esters is 1. The van der Waals surface area contributed by atoms with Gasteiger partial charge in [0.15, 0.2) is 6.10 Å². The number of aryl methyl sites for hydroxylation is 2. The molecule has 0 aliphatic carbocycles. The minimum absolute atomic E-state index is 0.261. The van der Waals surface area contributed by atoms with Gasteiger partial charge in [-0.3, -0.25) is 0 Å². The van der Waals surface area contributed by atoms with Crippen LogP contribution in [0.5, 0.6) is 0 Å². The first-order valence-corrected chi connectivity index (χ1v) is 6.75. The third-order valence-electron chi connectivity index (χ3n) is 4.17. The summed E-state index contributed by atoms with van der Waals surface area (Å²) in [5.74, 6) is -0.261. The molecule has 1 saturated heterocycles. The average molecular weight is 262 g/mol. The molecule has 0 amide bonds. The molecule has 0 bridgehead atoms. The molecule has 1 aliphatic rings. The van der Waals surface area contributed by atoms with E-state index in [1.165, 1.54) is 22.3 Å². The smallest absolute Gasteiger partial charge is 0.338 e. The summed E-state index contributed by atoms with van der Waals surface area (Å²) in [6.45, 7) is 12.5. The van der Waals surface area contributed by atoms with Crippen molar-refractivity contribution in [1.29, 1.82) is 0 Å². The second kappa shape index (κ2) is 4.64. The molecule has 1 aliphatic heterocycles. The third kappa shape index (κ3) is 2.16. The molecule has 0 aromatic heterocycles. The maximum atomic E-state index is 11.8. The fourth-order valence-electron chi connectivity index (χ4n) is 2.85. The molecule has 104 valence electrons. The normalized spacial score (nSPS) is 25.3. The molecule has 0 radical (unpaired) electrons. The van der Waals surface area contributed by atoms with Gasteiger partial charge in [0.2, 0.25) is 0 Å². The molecule has 3 heteroatoms. The highest BCUT2D eigenvalue weighted by Gasteiger charge is 2.60. The summed E-state index contributed by atoms with van der Waals surface area (Å²) in [7, 11) is 0. The van der Waals surface area contributed by atoms with E-state index in [0.29, 0.717) is 6.61 Å². The van der Waals surface area contributed by atoms with Crippen LogP contribution in [-0.4, -0.2) is 18.7 Å². The lowest BCUT2D eigenvalue weighted by molar-refractivity contribution is -0.144. The van der Waals surface area contributed by atoms with Gasteiger partial charge >= 0.3 is 5.97 Å². The first-order chi connectivity index (χ1) is 8.82. The first-order valence-electron chi connectivity index (χ1n) is 6.75. The van der Waals surface area contributed by atoms with Crippen LogP contribution in [0.25, 0.3) is 0 Å². The quantitative estimate of drug-likeness (QED) is 0.620. The van der Waals surface area contributed by atoms with E-state index in [4.69, 9.17) is 9.47 Å². The van der Waals surface area contributed by atoms with E-state index in [1.54, 1.807) is 0 Å². The van der Waals surface area contributed by atoms with Crippen molar-refractivity contribution in [2.45, 2.75) is 53.2 Å². The Hall–Kier alpha value is -1.35. The molecule has 19 heavy (non-hydrogen) atoms. The molecule has 0 saturated carbocycles. The lowest BCUT2D eigenvalue weighted by atomic mass is 9.85. The summed E-state index contributed by atoms with van der Waals surface area (Å²) in [4.78, 5) is 11.8. The Balaban J connectivity index is 2.42. The van der Waals surface area contributed by atoms with E-state index >= 15 is 0 Å². The van der Waals surface area contributed by atoms with Gasteiger partial charge in [-0.05, 0) is 69.4 Å². The Labute approximate surface area is 114 Å². The van der Waals surface area contributed by atoms with Gasteiger partial charge < -0.3 is 9.47 Å². The second-order valence-corrected chi connectivity index (χ2v) is 5.49. The number of rotatable bonds is 3. The molecule has 2 unspecified atom stereocenters. The van der Waals surface area contributed by atoms with Gasteiger partial charge in [-0.1, -0.05) is 6.07 Å². The topological polar surface area (TPSA) is 38.8 Å². The second-order valence-electron chi connectivity index (χ2n) is 5.49. The van der Waals surface area contributed by atoms with Crippen molar-refractivity contribution >= 4 is 5.97 Å². The van der Waals surface area contributed by atoms with Crippen molar-refractivity contribution in [3.8, 4) is 0 Å². The van der Waals surface area contributed by atoms with E-state index < -0.39 is 11.7 Å². The molecular weight excluding hydrogens is 240 g/mol. The van der Waals surface area contributed by atoms with Crippen LogP contribution in [0, 0.1) is 27.7 Å². The Bertz CT molecular complexity index is 507. The summed E-state index contributed by atoms with van der Waals surface area (Å²) in [6.07, 6.45) is -0.467. The van der Waals surface area contributed by atoms with Crippen molar-refractivity contribution in [3.63, 3.8) is 0 Å². The molecule has 0 spiro atoms. The molecule has 2 atom stereocenters. The molecule has 0 N–H and O–H groups in total. The summed E-state index contributed by atoms with van der Waals surface area (Å²) in [5, 5.41) is 0. The third-order valence-corrected chi connectivity index (χ3v) is 4.17. The van der Waals surface area contributed by atoms with Crippen LogP contribution < -0.4 is 0 Å². The van der Waals surface area contributed by atoms with Gasteiger partial charge in [0.05, 0.1) is 6.61 Å². The van der Waals surface area contributed by atoms with Crippen LogP contribution in [0.1, 0.15) is 41.7 Å². The summed E-state index contributed by atoms with van der Waals surface area (Å²) in [6, 6.07) is 2.18. The standard InChI is InChI=1S/C16H22O3/c1-7-18-15(17)14-16(6,19-14)13-11(4)9(2)8-10(3)12(13)5/h8,14H,7H2,1-6H3. The van der Waals surface area contributed by atoms with Crippen LogP contribution in [0.15, 0.2) is 6.07 Å². The van der Waals surface area contributed by atoms with E-state index in [1.807, 2.05) is 13.8 Å². The van der Waals surface area contributed by atoms with Gasteiger partial charge in [0.1, 0.15) is 5.60 Å². The average Bonchev–Trinajstić information content (AvgIpc) is 3.00. The summed E-state index contributed by atoms with van der Waals surface area (Å²) < 4.78 is 10.8. The monoisotopic (exact) mass is 262 g/mol. The highest BCUT2D eigenvalue weighted by atomic mass is 16.7. The van der Waals surface area contributed by atoms with Gasteiger partial charge in [-0.15, -0.1) is 0 Å². The van der Waals surface area contributed by atoms with Crippen molar-refractivity contribution in [3.05, 3.63) is 33.9 Å². The molecule has 2 rings (SSSR count). The zero-order valence-electron chi connectivity index (χ0n) is 12.6. The molecule has 1 aromatic carbocycles. The van der Waals surface area contributed by atoms with Gasteiger partial charge in [-0.2, -0.15) is 0 Å². The van der Waals surface area contributed by atoms with Gasteiger partial charge in [0.25, 0.3) is 0 Å². The predicted molar refractivity (Wildman–Crippen MR) is 74.2 cm³/mol. The SMILES string of the molecule is CCOC(=O)C1OC1(C)c1c(C)c(C)cc(C)c1C. The van der Waals surface area contributed by atoms with Gasteiger partial charge in [-0.25, -0.2) is 4.79 Å². The van der Waals surface area contributed by atoms with Crippen molar-refractivity contribution < 1.29 is 14.3 Å². The molecule has 1 aromatic rings. The predicted octanol–water partition coefficient (Wildman–Crippen LogP) is 3.10. The maximum absolute atomic E-state index is 11.8. The minimum atomic E-state index is -0.531. The molecular formula is C16H22O3. The van der Waals surface area contributed by atoms with Crippen molar-refractivity contribution in [2.75, 3.05) is 6.61 Å². The maximum Gasteiger partial charge on any atom is 0.338 e.